The number of aromatic nitrogens is 3. The van der Waals surface area contributed by atoms with Gasteiger partial charge < -0.3 is 14.0 Å². The van der Waals surface area contributed by atoms with E-state index >= 15 is 0 Å². The van der Waals surface area contributed by atoms with Gasteiger partial charge in [0.15, 0.2) is 0 Å². The zero-order valence-corrected chi connectivity index (χ0v) is 31.8. The number of furan rings is 1. The molecular weight excluding hydrogens is 815 g/mol. The summed E-state index contributed by atoms with van der Waals surface area (Å²) >= 11 is 0. The Morgan fingerprint density at radius 2 is 1.44 bits per heavy atom. The quantitative estimate of drug-likeness (QED) is 0.162. The van der Waals surface area contributed by atoms with Crippen LogP contribution in [0, 0.1) is 19.0 Å². The molecule has 0 aliphatic rings. The largest absolute Gasteiger partial charge is 0.501 e. The van der Waals surface area contributed by atoms with E-state index in [1.54, 1.807) is 18.2 Å². The van der Waals surface area contributed by atoms with Gasteiger partial charge in [-0.15, -0.1) is 54.1 Å². The second kappa shape index (κ2) is 14.7. The van der Waals surface area contributed by atoms with Crippen LogP contribution in [0.25, 0.3) is 72.1 Å². The third kappa shape index (κ3) is 6.47. The summed E-state index contributed by atoms with van der Waals surface area (Å²) in [6.07, 6.45) is 1.39. The molecule has 9 aromatic rings. The summed E-state index contributed by atoms with van der Waals surface area (Å²) in [6, 6.07) is 49.3. The van der Waals surface area contributed by atoms with Gasteiger partial charge in [-0.1, -0.05) is 105 Å². The Hall–Kier alpha value is -5.35. The second-order valence-corrected chi connectivity index (χ2v) is 13.5. The molecule has 3 aromatic heterocycles. The molecule has 0 N–H and O–H groups in total. The van der Waals surface area contributed by atoms with Crippen LogP contribution in [-0.4, -0.2) is 14.5 Å². The number of para-hydroxylation sites is 3. The van der Waals surface area contributed by atoms with E-state index < -0.39 is 6.85 Å². The van der Waals surface area contributed by atoms with Crippen molar-refractivity contribution in [1.29, 1.82) is 0 Å². The summed E-state index contributed by atoms with van der Waals surface area (Å²) in [6.45, 7) is 6.96. The Labute approximate surface area is 322 Å². The van der Waals surface area contributed by atoms with E-state index in [0.717, 1.165) is 55.6 Å². The van der Waals surface area contributed by atoms with Crippen molar-refractivity contribution in [2.45, 2.75) is 46.4 Å². The number of hydrogen-bond acceptors (Lipinski definition) is 3. The molecule has 0 bridgehead atoms. The van der Waals surface area contributed by atoms with Crippen molar-refractivity contribution < 1.29 is 28.6 Å². The van der Waals surface area contributed by atoms with Crippen molar-refractivity contribution in [3.05, 3.63) is 162 Å². The maximum atomic E-state index is 7.23. The van der Waals surface area contributed by atoms with Gasteiger partial charge in [-0.05, 0) is 76.1 Å². The van der Waals surface area contributed by atoms with Crippen molar-refractivity contribution in [1.82, 2.24) is 14.5 Å². The molecule has 1 radical (unpaired) electrons. The van der Waals surface area contributed by atoms with Gasteiger partial charge in [0.05, 0.1) is 22.4 Å². The fourth-order valence-corrected chi connectivity index (χ4v) is 6.89. The van der Waals surface area contributed by atoms with Crippen LogP contribution in [-0.2, 0) is 20.1 Å². The number of benzene rings is 6. The third-order valence-electron chi connectivity index (χ3n) is 9.40. The predicted molar refractivity (Wildman–Crippen MR) is 212 cm³/mol. The van der Waals surface area contributed by atoms with E-state index in [-0.39, 0.29) is 25.7 Å². The van der Waals surface area contributed by atoms with Crippen LogP contribution in [0.2, 0.25) is 0 Å². The van der Waals surface area contributed by atoms with Crippen LogP contribution in [0.5, 0.6) is 0 Å². The molecule has 0 atom stereocenters. The molecule has 0 saturated heterocycles. The van der Waals surface area contributed by atoms with Crippen LogP contribution in [0.1, 0.15) is 60.3 Å². The standard InChI is InChI=1S/C35H29N2O.C12H10N.Ir/c1-21(2)25-13-9-14-26(22(3)4)33(25)37-31-18-8-7-17-30(31)36-35(37)28-16-10-15-27-29-19-23-11-5-6-12-24(23)20-32(29)38-34(27)28;1-10-7-8-12(13-9-10)11-5-3-2-4-6-11;/h5-15,17-22H,1-4H3;2-5,7-9H,1H3;/q2*-1;/i;1D3;. The van der Waals surface area contributed by atoms with Crippen LogP contribution in [0.4, 0.5) is 0 Å². The molecule has 3 heterocycles. The molecule has 0 spiro atoms. The molecule has 0 unspecified atom stereocenters. The van der Waals surface area contributed by atoms with Crippen LogP contribution in [0.15, 0.2) is 138 Å². The molecule has 9 rings (SSSR count). The van der Waals surface area contributed by atoms with E-state index in [2.05, 4.69) is 134 Å². The van der Waals surface area contributed by atoms with Gasteiger partial charge in [-0.25, -0.2) is 0 Å². The van der Waals surface area contributed by atoms with Crippen molar-refractivity contribution in [2.75, 3.05) is 0 Å². The Bertz CT molecular complexity index is 2740. The minimum atomic E-state index is -2.09. The van der Waals surface area contributed by atoms with Crippen molar-refractivity contribution in [2.24, 2.45) is 0 Å². The van der Waals surface area contributed by atoms with Gasteiger partial charge in [0.1, 0.15) is 5.58 Å². The van der Waals surface area contributed by atoms with Gasteiger partial charge in [-0.3, -0.25) is 4.98 Å². The summed E-state index contributed by atoms with van der Waals surface area (Å²) in [7, 11) is 0. The number of imidazole rings is 1. The van der Waals surface area contributed by atoms with Crippen molar-refractivity contribution in [3.63, 3.8) is 0 Å². The summed E-state index contributed by atoms with van der Waals surface area (Å²) in [5.74, 6) is 1.57. The average molecular weight is 857 g/mol. The maximum Gasteiger partial charge on any atom is 0.121 e. The Kier molecular flexibility index (Phi) is 8.88. The Balaban J connectivity index is 0.000000231. The first kappa shape index (κ1) is 31.4. The molecule has 0 amide bonds. The SMILES string of the molecule is CC(C)c1cccc(C(C)C)c1-n1c(-c2[c-]ccc3c2oc2cc4ccccc4cc23)nc2ccccc21.[2H]C([2H])([2H])c1ccc(-c2[c-]cccc2)nc1.[Ir]. The molecule has 6 aromatic carbocycles. The minimum absolute atomic E-state index is 0. The number of hydrogen-bond donors (Lipinski definition) is 0. The number of pyridine rings is 1. The normalized spacial score (nSPS) is 12.5. The van der Waals surface area contributed by atoms with Gasteiger partial charge in [-0.2, -0.15) is 0 Å². The summed E-state index contributed by atoms with van der Waals surface area (Å²) in [5.41, 5.74) is 10.3. The molecule has 0 fully saturated rings. The van der Waals surface area contributed by atoms with Gasteiger partial charge in [0, 0.05) is 41.5 Å². The molecule has 0 aliphatic carbocycles. The number of nitrogens with zero attached hydrogens (tertiary/aromatic N) is 3. The van der Waals surface area contributed by atoms with Crippen LogP contribution >= 0.6 is 0 Å². The van der Waals surface area contributed by atoms with Gasteiger partial charge in [0.2, 0.25) is 0 Å². The molecule has 5 heteroatoms. The van der Waals surface area contributed by atoms with Gasteiger partial charge >= 0.3 is 0 Å². The number of rotatable bonds is 5. The smallest absolute Gasteiger partial charge is 0.121 e. The molecular formula is C47H39IrN3O-2. The van der Waals surface area contributed by atoms with Gasteiger partial charge in [0.25, 0.3) is 0 Å². The van der Waals surface area contributed by atoms with Crippen molar-refractivity contribution in [3.8, 4) is 28.3 Å². The molecule has 259 valence electrons. The molecule has 0 saturated carbocycles. The summed E-state index contributed by atoms with van der Waals surface area (Å²) < 4.78 is 30.6. The zero-order chi connectivity index (χ0) is 37.6. The molecule has 0 aliphatic heterocycles. The van der Waals surface area contributed by atoms with E-state index in [4.69, 9.17) is 13.5 Å². The summed E-state index contributed by atoms with van der Waals surface area (Å²) in [4.78, 5) is 9.33. The maximum absolute atomic E-state index is 7.23. The number of fused-ring (bicyclic) bond motifs is 5. The van der Waals surface area contributed by atoms with Crippen molar-refractivity contribution >= 4 is 43.7 Å². The van der Waals surface area contributed by atoms with E-state index in [0.29, 0.717) is 11.8 Å². The zero-order valence-electron chi connectivity index (χ0n) is 32.4. The summed E-state index contributed by atoms with van der Waals surface area (Å²) in [5, 5.41) is 4.57. The number of aryl methyl sites for hydroxylation is 1. The monoisotopic (exact) mass is 857 g/mol. The Morgan fingerprint density at radius 3 is 2.13 bits per heavy atom. The first-order valence-corrected chi connectivity index (χ1v) is 17.4. The minimum Gasteiger partial charge on any atom is -0.501 e. The first-order valence-electron chi connectivity index (χ1n) is 18.9. The fourth-order valence-electron chi connectivity index (χ4n) is 6.89. The predicted octanol–water partition coefficient (Wildman–Crippen LogP) is 12.6. The molecule has 4 nitrogen and oxygen atoms in total. The first-order chi connectivity index (χ1) is 26.1. The van der Waals surface area contributed by atoms with E-state index in [9.17, 15) is 0 Å². The van der Waals surface area contributed by atoms with E-state index in [1.165, 1.54) is 33.8 Å². The van der Waals surface area contributed by atoms with Crippen LogP contribution < -0.4 is 0 Å². The average Bonchev–Trinajstić information content (AvgIpc) is 3.75. The molecule has 52 heavy (non-hydrogen) atoms. The van der Waals surface area contributed by atoms with Crippen LogP contribution in [0.3, 0.4) is 0 Å². The topological polar surface area (TPSA) is 43.9 Å². The van der Waals surface area contributed by atoms with E-state index in [1.807, 2.05) is 24.3 Å². The third-order valence-corrected chi connectivity index (χ3v) is 9.40. The second-order valence-electron chi connectivity index (χ2n) is 13.5. The Morgan fingerprint density at radius 1 is 0.712 bits per heavy atom. The fraction of sp³-hybridized carbons (Fsp3) is 0.149.